The van der Waals surface area contributed by atoms with Crippen molar-refractivity contribution < 1.29 is 19.4 Å². The van der Waals surface area contributed by atoms with Crippen LogP contribution < -0.4 is 0 Å². The molecule has 0 spiro atoms. The predicted octanol–water partition coefficient (Wildman–Crippen LogP) is 3.36. The van der Waals surface area contributed by atoms with Crippen molar-refractivity contribution in [1.82, 2.24) is 0 Å². The Balaban J connectivity index is 2.41. The summed E-state index contributed by atoms with van der Waals surface area (Å²) in [6, 6.07) is 9.41. The molecule has 0 aromatic heterocycles. The van der Waals surface area contributed by atoms with Gasteiger partial charge in [0.25, 0.3) is 0 Å². The van der Waals surface area contributed by atoms with E-state index in [-0.39, 0.29) is 5.92 Å². The zero-order valence-corrected chi connectivity index (χ0v) is 11.4. The summed E-state index contributed by atoms with van der Waals surface area (Å²) in [5.41, 5.74) is -0.162. The molecule has 1 aromatic carbocycles. The predicted molar refractivity (Wildman–Crippen MR) is 75.5 cm³/mol. The van der Waals surface area contributed by atoms with Crippen LogP contribution in [0.25, 0.3) is 0 Å². The summed E-state index contributed by atoms with van der Waals surface area (Å²) in [5.74, 6) is -0.0917. The van der Waals surface area contributed by atoms with Crippen LogP contribution in [-0.4, -0.2) is 25.0 Å². The van der Waals surface area contributed by atoms with Gasteiger partial charge in [-0.2, -0.15) is 0 Å². The van der Waals surface area contributed by atoms with Crippen molar-refractivity contribution in [3.05, 3.63) is 60.2 Å². The molecule has 2 unspecified atom stereocenters. The number of rotatable bonds is 5. The van der Waals surface area contributed by atoms with Crippen molar-refractivity contribution in [1.29, 1.82) is 0 Å². The third-order valence-electron chi connectivity index (χ3n) is 3.46. The standard InChI is InChI=1S/C16H18O4/c1-19-12-10-14-9-5-6-11-16(14,20-15(17)18)13-7-3-2-4-8-13/h2-9,11,14H,10,12H2,1H3,(H,17,18). The molecular formula is C16H18O4. The minimum Gasteiger partial charge on any atom is -0.450 e. The summed E-state index contributed by atoms with van der Waals surface area (Å²) in [7, 11) is 1.63. The SMILES string of the molecule is COCCC1C=CC=CC1(OC(=O)O)c1ccccc1. The number of ether oxygens (including phenoxy) is 2. The van der Waals surface area contributed by atoms with Gasteiger partial charge < -0.3 is 14.6 Å². The molecule has 0 heterocycles. The second-order valence-electron chi connectivity index (χ2n) is 4.66. The molecule has 4 heteroatoms. The van der Waals surface area contributed by atoms with Crippen LogP contribution in [0.1, 0.15) is 12.0 Å². The largest absolute Gasteiger partial charge is 0.507 e. The average molecular weight is 274 g/mol. The summed E-state index contributed by atoms with van der Waals surface area (Å²) in [6.45, 7) is 0.542. The lowest BCUT2D eigenvalue weighted by Crippen LogP contribution is -2.38. The third-order valence-corrected chi connectivity index (χ3v) is 3.46. The molecule has 2 rings (SSSR count). The van der Waals surface area contributed by atoms with E-state index in [4.69, 9.17) is 14.6 Å². The van der Waals surface area contributed by atoms with E-state index >= 15 is 0 Å². The number of carboxylic acid groups (broad SMARTS) is 1. The van der Waals surface area contributed by atoms with E-state index in [1.54, 1.807) is 13.2 Å². The molecule has 1 aliphatic rings. The lowest BCUT2D eigenvalue weighted by Gasteiger charge is -2.37. The van der Waals surface area contributed by atoms with E-state index in [0.29, 0.717) is 13.0 Å². The van der Waals surface area contributed by atoms with Crippen LogP contribution >= 0.6 is 0 Å². The highest BCUT2D eigenvalue weighted by molar-refractivity contribution is 5.59. The number of carbonyl (C=O) groups is 1. The van der Waals surface area contributed by atoms with Crippen molar-refractivity contribution in [2.24, 2.45) is 5.92 Å². The molecule has 20 heavy (non-hydrogen) atoms. The third kappa shape index (κ3) is 2.91. The Labute approximate surface area is 118 Å². The number of allylic oxidation sites excluding steroid dienone is 2. The van der Waals surface area contributed by atoms with Gasteiger partial charge in [-0.15, -0.1) is 0 Å². The van der Waals surface area contributed by atoms with Gasteiger partial charge in [-0.25, -0.2) is 4.79 Å². The lowest BCUT2D eigenvalue weighted by molar-refractivity contribution is -0.0244. The molecule has 0 aliphatic heterocycles. The van der Waals surface area contributed by atoms with E-state index < -0.39 is 11.8 Å². The summed E-state index contributed by atoms with van der Waals surface area (Å²) in [6.07, 6.45) is 6.90. The molecule has 2 atom stereocenters. The van der Waals surface area contributed by atoms with Crippen LogP contribution in [-0.2, 0) is 15.1 Å². The Morgan fingerprint density at radius 1 is 1.30 bits per heavy atom. The second-order valence-corrected chi connectivity index (χ2v) is 4.66. The summed E-state index contributed by atoms with van der Waals surface area (Å²) >= 11 is 0. The smallest absolute Gasteiger partial charge is 0.450 e. The fourth-order valence-corrected chi connectivity index (χ4v) is 2.54. The quantitative estimate of drug-likeness (QED) is 0.836. The monoisotopic (exact) mass is 274 g/mol. The normalized spacial score (nSPS) is 24.6. The first kappa shape index (κ1) is 14.3. The number of benzene rings is 1. The summed E-state index contributed by atoms with van der Waals surface area (Å²) < 4.78 is 10.4. The average Bonchev–Trinajstić information content (AvgIpc) is 2.46. The van der Waals surface area contributed by atoms with Gasteiger partial charge in [-0.05, 0) is 12.5 Å². The molecule has 0 bridgehead atoms. The van der Waals surface area contributed by atoms with Gasteiger partial charge in [-0.1, -0.05) is 48.6 Å². The van der Waals surface area contributed by atoms with Crippen LogP contribution in [0.15, 0.2) is 54.6 Å². The van der Waals surface area contributed by atoms with Crippen LogP contribution in [0.3, 0.4) is 0 Å². The zero-order valence-electron chi connectivity index (χ0n) is 11.4. The Kier molecular flexibility index (Phi) is 4.58. The second kappa shape index (κ2) is 6.39. The van der Waals surface area contributed by atoms with E-state index in [2.05, 4.69) is 0 Å². The molecule has 0 fully saturated rings. The highest BCUT2D eigenvalue weighted by atomic mass is 16.7. The lowest BCUT2D eigenvalue weighted by atomic mass is 9.76. The van der Waals surface area contributed by atoms with E-state index in [1.807, 2.05) is 48.6 Å². The van der Waals surface area contributed by atoms with Crippen molar-refractivity contribution in [2.45, 2.75) is 12.0 Å². The van der Waals surface area contributed by atoms with Crippen molar-refractivity contribution in [2.75, 3.05) is 13.7 Å². The van der Waals surface area contributed by atoms with Gasteiger partial charge in [0.15, 0.2) is 5.60 Å². The zero-order chi connectivity index (χ0) is 14.4. The van der Waals surface area contributed by atoms with Crippen LogP contribution in [0.5, 0.6) is 0 Å². The van der Waals surface area contributed by atoms with E-state index in [1.165, 1.54) is 0 Å². The molecule has 0 saturated heterocycles. The fraction of sp³-hybridized carbons (Fsp3) is 0.312. The van der Waals surface area contributed by atoms with Crippen LogP contribution in [0.2, 0.25) is 0 Å². The van der Waals surface area contributed by atoms with Crippen molar-refractivity contribution >= 4 is 6.16 Å². The maximum Gasteiger partial charge on any atom is 0.507 e. The molecule has 0 amide bonds. The first-order valence-electron chi connectivity index (χ1n) is 6.51. The van der Waals surface area contributed by atoms with Crippen molar-refractivity contribution in [3.8, 4) is 0 Å². The first-order valence-corrected chi connectivity index (χ1v) is 6.51. The molecule has 0 saturated carbocycles. The van der Waals surface area contributed by atoms with E-state index in [0.717, 1.165) is 5.56 Å². The van der Waals surface area contributed by atoms with Gasteiger partial charge in [-0.3, -0.25) is 0 Å². The number of hydrogen-bond donors (Lipinski definition) is 1. The van der Waals surface area contributed by atoms with Crippen molar-refractivity contribution in [3.63, 3.8) is 0 Å². The molecule has 1 N–H and O–H groups in total. The topological polar surface area (TPSA) is 55.8 Å². The Morgan fingerprint density at radius 3 is 2.70 bits per heavy atom. The minimum atomic E-state index is -1.28. The Hall–Kier alpha value is -2.07. The van der Waals surface area contributed by atoms with Crippen LogP contribution in [0.4, 0.5) is 4.79 Å². The first-order chi connectivity index (χ1) is 9.69. The summed E-state index contributed by atoms with van der Waals surface area (Å²) in [4.78, 5) is 11.2. The minimum absolute atomic E-state index is 0.0917. The maximum atomic E-state index is 11.2. The highest BCUT2D eigenvalue weighted by Crippen LogP contribution is 2.40. The molecule has 1 aliphatic carbocycles. The molecule has 1 aromatic rings. The fourth-order valence-electron chi connectivity index (χ4n) is 2.54. The number of methoxy groups -OCH3 is 1. The van der Waals surface area contributed by atoms with Gasteiger partial charge in [0.2, 0.25) is 0 Å². The molecule has 4 nitrogen and oxygen atoms in total. The summed E-state index contributed by atoms with van der Waals surface area (Å²) in [5, 5.41) is 9.12. The van der Waals surface area contributed by atoms with Gasteiger partial charge >= 0.3 is 6.16 Å². The maximum absolute atomic E-state index is 11.2. The van der Waals surface area contributed by atoms with Gasteiger partial charge in [0, 0.05) is 25.2 Å². The highest BCUT2D eigenvalue weighted by Gasteiger charge is 2.41. The Morgan fingerprint density at radius 2 is 2.05 bits per heavy atom. The van der Waals surface area contributed by atoms with Gasteiger partial charge in [0.1, 0.15) is 0 Å². The van der Waals surface area contributed by atoms with Gasteiger partial charge in [0.05, 0.1) is 0 Å². The van der Waals surface area contributed by atoms with Crippen LogP contribution in [0, 0.1) is 5.92 Å². The number of hydrogen-bond acceptors (Lipinski definition) is 3. The molecule has 0 radical (unpaired) electrons. The molecular weight excluding hydrogens is 256 g/mol. The molecule has 106 valence electrons. The Bertz CT molecular complexity index is 506. The van der Waals surface area contributed by atoms with E-state index in [9.17, 15) is 4.79 Å².